The SMILES string of the molecule is Cc1cc(N)nc(-c2c(Cl)c3c4c(nc(OC[C@@]56CCCN5C[C@H](F)C6)nc4c2F)N2C[C@H]4CC[C@H](CN4)[C@H]2[C@H](C)O3)c1C(F)(F)F. The summed E-state index contributed by atoms with van der Waals surface area (Å²) < 4.78 is 87.8. The average molecular weight is 680 g/mol. The maximum absolute atomic E-state index is 17.0. The number of aryl methyl sites for hydroxylation is 1. The van der Waals surface area contributed by atoms with Gasteiger partial charge in [0.05, 0.1) is 38.8 Å². The van der Waals surface area contributed by atoms with Crippen LogP contribution < -0.4 is 25.4 Å². The van der Waals surface area contributed by atoms with E-state index in [1.165, 1.54) is 6.92 Å². The number of piperidine rings is 1. The number of nitrogens with one attached hydrogen (secondary N) is 1. The smallest absolute Gasteiger partial charge is 0.418 e. The molecule has 3 aromatic rings. The van der Waals surface area contributed by atoms with Crippen LogP contribution in [0.15, 0.2) is 6.07 Å². The number of fused-ring (bicyclic) bond motifs is 3. The van der Waals surface area contributed by atoms with Gasteiger partial charge in [-0.05, 0) is 63.6 Å². The van der Waals surface area contributed by atoms with Gasteiger partial charge in [0, 0.05) is 32.1 Å². The number of halogens is 6. The van der Waals surface area contributed by atoms with E-state index in [-0.39, 0.29) is 63.7 Å². The molecule has 9 rings (SSSR count). The number of nitrogen functional groups attached to an aromatic ring is 1. The number of pyridine rings is 1. The highest BCUT2D eigenvalue weighted by atomic mass is 35.5. The normalized spacial score (nSPS) is 30.2. The maximum Gasteiger partial charge on any atom is 0.418 e. The predicted octanol–water partition coefficient (Wildman–Crippen LogP) is 5.69. The number of nitrogens with two attached hydrogens (primary N) is 1. The molecule has 47 heavy (non-hydrogen) atoms. The molecular formula is C32H35ClF5N7O2. The number of hydrogen-bond acceptors (Lipinski definition) is 9. The van der Waals surface area contributed by atoms with Crippen molar-refractivity contribution in [3.05, 3.63) is 28.0 Å². The molecule has 9 nitrogen and oxygen atoms in total. The van der Waals surface area contributed by atoms with Gasteiger partial charge in [-0.1, -0.05) is 11.6 Å². The Bertz CT molecular complexity index is 1770. The molecule has 2 aromatic heterocycles. The van der Waals surface area contributed by atoms with Crippen molar-refractivity contribution in [1.82, 2.24) is 25.2 Å². The molecule has 6 atom stereocenters. The lowest BCUT2D eigenvalue weighted by molar-refractivity contribution is -0.137. The van der Waals surface area contributed by atoms with Crippen LogP contribution in [0.4, 0.5) is 33.6 Å². The van der Waals surface area contributed by atoms with E-state index in [1.54, 1.807) is 0 Å². The Labute approximate surface area is 273 Å². The van der Waals surface area contributed by atoms with Crippen LogP contribution >= 0.6 is 11.6 Å². The van der Waals surface area contributed by atoms with Crippen molar-refractivity contribution < 1.29 is 31.4 Å². The number of aromatic nitrogens is 3. The molecule has 3 N–H and O–H groups in total. The molecule has 2 bridgehead atoms. The molecule has 5 saturated heterocycles. The van der Waals surface area contributed by atoms with Gasteiger partial charge in [-0.2, -0.15) is 23.1 Å². The number of benzene rings is 1. The summed E-state index contributed by atoms with van der Waals surface area (Å²) in [5, 5.41) is 3.37. The topological polar surface area (TPSA) is 102 Å². The molecule has 5 fully saturated rings. The number of anilines is 2. The third-order valence-electron chi connectivity index (χ3n) is 10.8. The van der Waals surface area contributed by atoms with Gasteiger partial charge in [-0.15, -0.1) is 0 Å². The average Bonchev–Trinajstić information content (AvgIpc) is 3.32. The van der Waals surface area contributed by atoms with E-state index in [4.69, 9.17) is 31.8 Å². The summed E-state index contributed by atoms with van der Waals surface area (Å²) in [4.78, 5) is 17.5. The van der Waals surface area contributed by atoms with Gasteiger partial charge < -0.3 is 25.4 Å². The van der Waals surface area contributed by atoms with Crippen molar-refractivity contribution in [2.24, 2.45) is 5.92 Å². The highest BCUT2D eigenvalue weighted by Crippen LogP contribution is 2.52. The molecule has 0 aliphatic carbocycles. The first-order valence-corrected chi connectivity index (χ1v) is 16.5. The second-order valence-corrected chi connectivity index (χ2v) is 14.1. The van der Waals surface area contributed by atoms with Crippen LogP contribution in [0.1, 0.15) is 50.2 Å². The third-order valence-corrected chi connectivity index (χ3v) is 11.2. The summed E-state index contributed by atoms with van der Waals surface area (Å²) in [5.74, 6) is -0.882. The Balaban J connectivity index is 1.36. The van der Waals surface area contributed by atoms with Crippen molar-refractivity contribution in [3.63, 3.8) is 0 Å². The molecule has 0 spiro atoms. The van der Waals surface area contributed by atoms with Crippen LogP contribution in [0.3, 0.4) is 0 Å². The third kappa shape index (κ3) is 4.87. The second-order valence-electron chi connectivity index (χ2n) is 13.7. The zero-order chi connectivity index (χ0) is 33.0. The summed E-state index contributed by atoms with van der Waals surface area (Å²) in [6, 6.07) is 0.860. The number of rotatable bonds is 4. The van der Waals surface area contributed by atoms with Gasteiger partial charge in [0.15, 0.2) is 11.6 Å². The highest BCUT2D eigenvalue weighted by molar-refractivity contribution is 6.36. The van der Waals surface area contributed by atoms with Crippen LogP contribution in [0, 0.1) is 18.7 Å². The van der Waals surface area contributed by atoms with E-state index < -0.39 is 46.6 Å². The van der Waals surface area contributed by atoms with Gasteiger partial charge in [0.25, 0.3) is 0 Å². The van der Waals surface area contributed by atoms with Gasteiger partial charge in [0.2, 0.25) is 0 Å². The lowest BCUT2D eigenvalue weighted by Crippen LogP contribution is -2.49. The molecule has 0 radical (unpaired) electrons. The minimum Gasteiger partial charge on any atom is -0.486 e. The fourth-order valence-electron chi connectivity index (χ4n) is 8.83. The van der Waals surface area contributed by atoms with E-state index in [1.807, 2.05) is 6.92 Å². The number of alkyl halides is 4. The largest absolute Gasteiger partial charge is 0.486 e. The monoisotopic (exact) mass is 679 g/mol. The molecule has 6 aliphatic heterocycles. The minimum atomic E-state index is -4.90. The van der Waals surface area contributed by atoms with Gasteiger partial charge in [0.1, 0.15) is 36.0 Å². The van der Waals surface area contributed by atoms with Crippen molar-refractivity contribution >= 4 is 34.1 Å². The van der Waals surface area contributed by atoms with E-state index in [2.05, 4.69) is 25.1 Å². The van der Waals surface area contributed by atoms with Crippen molar-refractivity contribution in [2.75, 3.05) is 43.4 Å². The van der Waals surface area contributed by atoms with Gasteiger partial charge in [-0.25, -0.2) is 13.8 Å². The van der Waals surface area contributed by atoms with Crippen LogP contribution in [-0.2, 0) is 6.18 Å². The van der Waals surface area contributed by atoms with E-state index in [9.17, 15) is 17.6 Å². The van der Waals surface area contributed by atoms with Crippen LogP contribution in [0.2, 0.25) is 5.02 Å². The summed E-state index contributed by atoms with van der Waals surface area (Å²) in [6.45, 7) is 5.55. The molecule has 0 saturated carbocycles. The molecule has 252 valence electrons. The van der Waals surface area contributed by atoms with Crippen molar-refractivity contribution in [1.29, 1.82) is 0 Å². The fourth-order valence-corrected chi connectivity index (χ4v) is 9.14. The van der Waals surface area contributed by atoms with Crippen LogP contribution in [0.5, 0.6) is 11.8 Å². The second kappa shape index (κ2) is 10.9. The van der Waals surface area contributed by atoms with Crippen molar-refractivity contribution in [3.8, 4) is 23.0 Å². The lowest BCUT2D eigenvalue weighted by Gasteiger charge is -2.36. The molecule has 8 heterocycles. The summed E-state index contributed by atoms with van der Waals surface area (Å²) in [7, 11) is 0. The summed E-state index contributed by atoms with van der Waals surface area (Å²) in [6.07, 6.45) is -2.58. The number of hydrogen-bond donors (Lipinski definition) is 2. The van der Waals surface area contributed by atoms with Crippen LogP contribution in [0.25, 0.3) is 22.2 Å². The number of nitrogens with zero attached hydrogens (tertiary/aromatic N) is 5. The maximum atomic E-state index is 17.0. The van der Waals surface area contributed by atoms with Crippen LogP contribution in [-0.4, -0.2) is 82.5 Å². The molecular weight excluding hydrogens is 645 g/mol. The van der Waals surface area contributed by atoms with E-state index in [0.717, 1.165) is 44.8 Å². The molecule has 0 amide bonds. The fraction of sp³-hybridized carbons (Fsp3) is 0.594. The van der Waals surface area contributed by atoms with Gasteiger partial charge in [-0.3, -0.25) is 4.90 Å². The Morgan fingerprint density at radius 2 is 2.02 bits per heavy atom. The van der Waals surface area contributed by atoms with E-state index in [0.29, 0.717) is 25.3 Å². The quantitative estimate of drug-likeness (QED) is 0.337. The van der Waals surface area contributed by atoms with Gasteiger partial charge >= 0.3 is 12.2 Å². The standard InChI is InChI=1S/C32H35ClF5N7O2/c1-14-8-19(39)41-25(22(14)32(36,37)38)20-23(33)28-21-26(24(20)35)42-30(46-13-31-6-3-7-44(31)11-17(34)9-31)43-29(21)45-12-18-5-4-16(10-40-18)27(45)15(2)47-28/h8,15-18,27,40H,3-7,9-13H2,1-2H3,(H2,39,41)/t15-,16+,17+,18+,27+,31-/m0/s1. The summed E-state index contributed by atoms with van der Waals surface area (Å²) in [5.41, 5.74) is 2.32. The lowest BCUT2D eigenvalue weighted by atomic mass is 9.88. The van der Waals surface area contributed by atoms with E-state index >= 15 is 4.39 Å². The van der Waals surface area contributed by atoms with Crippen molar-refractivity contribution in [2.45, 2.75) is 82.0 Å². The zero-order valence-corrected chi connectivity index (χ0v) is 26.7. The Morgan fingerprint density at radius 1 is 1.21 bits per heavy atom. The first-order valence-electron chi connectivity index (χ1n) is 16.1. The molecule has 1 aromatic carbocycles. The molecule has 6 aliphatic rings. The molecule has 15 heteroatoms. The Hall–Kier alpha value is -3.23. The first-order chi connectivity index (χ1) is 22.3. The zero-order valence-electron chi connectivity index (χ0n) is 25.9. The Kier molecular flexibility index (Phi) is 7.20. The highest BCUT2D eigenvalue weighted by Gasteiger charge is 2.50. The minimum absolute atomic E-state index is 0.0179. The molecule has 0 unspecified atom stereocenters. The Morgan fingerprint density at radius 3 is 2.77 bits per heavy atom. The predicted molar refractivity (Wildman–Crippen MR) is 166 cm³/mol. The number of ether oxygens (including phenoxy) is 2. The summed E-state index contributed by atoms with van der Waals surface area (Å²) >= 11 is 6.90. The first kappa shape index (κ1) is 31.1.